The van der Waals surface area contributed by atoms with Gasteiger partial charge in [0.15, 0.2) is 5.79 Å². The number of amides is 1. The van der Waals surface area contributed by atoms with Gasteiger partial charge < -0.3 is 35.8 Å². The lowest BCUT2D eigenvalue weighted by atomic mass is 9.80. The normalized spacial score (nSPS) is 30.8. The van der Waals surface area contributed by atoms with E-state index >= 15 is 0 Å². The highest BCUT2D eigenvalue weighted by molar-refractivity contribution is 6.31. The maximum Gasteiger partial charge on any atom is 0.234 e. The topological polar surface area (TPSA) is 134 Å². The first kappa shape index (κ1) is 25.9. The molecule has 2 aliphatic rings. The number of nitrogens with one attached hydrogen (secondary N) is 1. The molecule has 6 N–H and O–H groups in total. The Hall–Kier alpha value is -2.20. The Morgan fingerprint density at radius 3 is 2.69 bits per heavy atom. The van der Waals surface area contributed by atoms with Gasteiger partial charge in [0.25, 0.3) is 0 Å². The zero-order valence-corrected chi connectivity index (χ0v) is 20.4. The second kappa shape index (κ2) is 10.8. The van der Waals surface area contributed by atoms with Gasteiger partial charge in [0.1, 0.15) is 11.9 Å². The molecule has 0 bridgehead atoms. The van der Waals surface area contributed by atoms with E-state index in [0.717, 1.165) is 22.4 Å². The van der Waals surface area contributed by atoms with Crippen LogP contribution in [-0.2, 0) is 16.0 Å². The van der Waals surface area contributed by atoms with Crippen LogP contribution < -0.4 is 15.8 Å². The molecule has 35 heavy (non-hydrogen) atoms. The third kappa shape index (κ3) is 5.63. The van der Waals surface area contributed by atoms with Crippen LogP contribution in [0.2, 0.25) is 5.02 Å². The van der Waals surface area contributed by atoms with Crippen molar-refractivity contribution in [2.45, 2.75) is 56.1 Å². The van der Waals surface area contributed by atoms with Gasteiger partial charge in [-0.15, -0.1) is 0 Å². The maximum absolute atomic E-state index is 11.7. The molecule has 0 spiro atoms. The molecule has 0 radical (unpaired) electrons. The summed E-state index contributed by atoms with van der Waals surface area (Å²) in [6.45, 7) is 3.12. The summed E-state index contributed by atoms with van der Waals surface area (Å²) in [4.78, 5) is 11.7. The van der Waals surface area contributed by atoms with Crippen molar-refractivity contribution in [3.8, 4) is 5.75 Å². The molecule has 6 unspecified atom stereocenters. The van der Waals surface area contributed by atoms with Crippen molar-refractivity contribution < 1.29 is 29.6 Å². The molecule has 6 atom stereocenters. The van der Waals surface area contributed by atoms with E-state index in [0.29, 0.717) is 31.0 Å². The van der Waals surface area contributed by atoms with Crippen LogP contribution in [-0.4, -0.2) is 65.0 Å². The van der Waals surface area contributed by atoms with E-state index < -0.39 is 35.9 Å². The highest BCUT2D eigenvalue weighted by atomic mass is 35.5. The van der Waals surface area contributed by atoms with Gasteiger partial charge in [-0.1, -0.05) is 35.9 Å². The van der Waals surface area contributed by atoms with Crippen molar-refractivity contribution in [2.24, 2.45) is 11.7 Å². The van der Waals surface area contributed by atoms with Gasteiger partial charge in [-0.25, -0.2) is 0 Å². The van der Waals surface area contributed by atoms with Crippen LogP contribution in [0.5, 0.6) is 5.75 Å². The highest BCUT2D eigenvalue weighted by Crippen LogP contribution is 2.39. The number of nitrogens with two attached hydrogens (primary N) is 1. The fourth-order valence-electron chi connectivity index (χ4n) is 5.11. The minimum atomic E-state index is -1.97. The summed E-state index contributed by atoms with van der Waals surface area (Å²) < 4.78 is 11.2. The molecule has 1 amide bonds. The molecule has 0 aromatic heterocycles. The second-order valence-electron chi connectivity index (χ2n) is 9.39. The molecule has 0 saturated carbocycles. The first-order valence-corrected chi connectivity index (χ1v) is 12.3. The van der Waals surface area contributed by atoms with Crippen molar-refractivity contribution in [1.82, 2.24) is 5.32 Å². The molecule has 2 fully saturated rings. The summed E-state index contributed by atoms with van der Waals surface area (Å²) in [7, 11) is 0. The number of hydrogen-bond donors (Lipinski definition) is 5. The molecule has 0 aliphatic carbocycles. The standard InChI is InChI=1S/C26H33ClN2O6/c1-2-34-19-6-3-15(4-7-19)11-18-12-16(5-8-21(18)27)20-14-35-26(33,24(31)23(20)30)13-17-9-10-29-22(17)25(28)32/h3-8,12,17,20,22-24,29-31,33H,2,9-11,13-14H2,1H3,(H2,28,32). The lowest BCUT2D eigenvalue weighted by molar-refractivity contribution is -0.311. The fourth-order valence-corrected chi connectivity index (χ4v) is 5.30. The first-order valence-electron chi connectivity index (χ1n) is 12.0. The number of carbonyl (C=O) groups excluding carboxylic acids is 1. The van der Waals surface area contributed by atoms with E-state index in [4.69, 9.17) is 26.8 Å². The fraction of sp³-hybridized carbons (Fsp3) is 0.500. The Labute approximate surface area is 210 Å². The molecular weight excluding hydrogens is 472 g/mol. The van der Waals surface area contributed by atoms with E-state index in [9.17, 15) is 20.1 Å². The van der Waals surface area contributed by atoms with Gasteiger partial charge in [0.2, 0.25) is 5.91 Å². The summed E-state index contributed by atoms with van der Waals surface area (Å²) in [5, 5.41) is 36.5. The molecule has 9 heteroatoms. The van der Waals surface area contributed by atoms with Crippen molar-refractivity contribution >= 4 is 17.5 Å². The summed E-state index contributed by atoms with van der Waals surface area (Å²) in [5.41, 5.74) is 8.12. The largest absolute Gasteiger partial charge is 0.494 e. The van der Waals surface area contributed by atoms with Gasteiger partial charge in [0, 0.05) is 17.4 Å². The number of halogens is 1. The summed E-state index contributed by atoms with van der Waals surface area (Å²) >= 11 is 6.46. The Balaban J connectivity index is 1.47. The average Bonchev–Trinajstić information content (AvgIpc) is 3.29. The van der Waals surface area contributed by atoms with E-state index in [-0.39, 0.29) is 18.9 Å². The smallest absolute Gasteiger partial charge is 0.234 e. The Bertz CT molecular complexity index is 1040. The molecule has 190 valence electrons. The third-order valence-electron chi connectivity index (χ3n) is 7.05. The van der Waals surface area contributed by atoms with Gasteiger partial charge >= 0.3 is 0 Å². The van der Waals surface area contributed by atoms with Gasteiger partial charge in [-0.3, -0.25) is 4.79 Å². The van der Waals surface area contributed by atoms with Crippen LogP contribution in [0, 0.1) is 5.92 Å². The van der Waals surface area contributed by atoms with Crippen molar-refractivity contribution in [3.63, 3.8) is 0 Å². The molecule has 2 aromatic carbocycles. The number of rotatable bonds is 8. The maximum atomic E-state index is 11.7. The number of carbonyl (C=O) groups is 1. The average molecular weight is 505 g/mol. The number of aliphatic hydroxyl groups excluding tert-OH is 2. The van der Waals surface area contributed by atoms with Crippen LogP contribution in [0.4, 0.5) is 0 Å². The number of ether oxygens (including phenoxy) is 2. The molecular formula is C26H33ClN2O6. The highest BCUT2D eigenvalue weighted by Gasteiger charge is 2.51. The Kier molecular flexibility index (Phi) is 8.00. The monoisotopic (exact) mass is 504 g/mol. The second-order valence-corrected chi connectivity index (χ2v) is 9.80. The van der Waals surface area contributed by atoms with E-state index in [2.05, 4.69) is 5.32 Å². The van der Waals surface area contributed by atoms with E-state index in [1.807, 2.05) is 37.3 Å². The number of aliphatic hydroxyl groups is 3. The van der Waals surface area contributed by atoms with Crippen LogP contribution in [0.15, 0.2) is 42.5 Å². The van der Waals surface area contributed by atoms with Crippen molar-refractivity contribution in [1.29, 1.82) is 0 Å². The zero-order valence-electron chi connectivity index (χ0n) is 19.7. The van der Waals surface area contributed by atoms with Crippen LogP contribution in [0.1, 0.15) is 42.4 Å². The summed E-state index contributed by atoms with van der Waals surface area (Å²) in [5.74, 6) is -2.54. The Morgan fingerprint density at radius 1 is 1.26 bits per heavy atom. The molecule has 2 saturated heterocycles. The lowest BCUT2D eigenvalue weighted by Gasteiger charge is -2.45. The van der Waals surface area contributed by atoms with E-state index in [1.54, 1.807) is 12.1 Å². The van der Waals surface area contributed by atoms with Crippen molar-refractivity contribution in [3.05, 3.63) is 64.2 Å². The molecule has 4 rings (SSSR count). The van der Waals surface area contributed by atoms with Gasteiger partial charge in [-0.05, 0) is 67.1 Å². The molecule has 2 aliphatic heterocycles. The predicted molar refractivity (Wildman–Crippen MR) is 131 cm³/mol. The molecule has 2 heterocycles. The SMILES string of the molecule is CCOc1ccc(Cc2cc(C3COC(O)(CC4CCNC4C(N)=O)C(O)C3O)ccc2Cl)cc1. The van der Waals surface area contributed by atoms with Crippen LogP contribution >= 0.6 is 11.6 Å². The van der Waals surface area contributed by atoms with Crippen molar-refractivity contribution in [2.75, 3.05) is 19.8 Å². The van der Waals surface area contributed by atoms with Gasteiger partial charge in [-0.2, -0.15) is 0 Å². The molecule has 8 nitrogen and oxygen atoms in total. The lowest BCUT2D eigenvalue weighted by Crippen LogP contribution is -2.59. The molecule has 2 aromatic rings. The third-order valence-corrected chi connectivity index (χ3v) is 7.42. The van der Waals surface area contributed by atoms with Crippen LogP contribution in [0.3, 0.4) is 0 Å². The first-order chi connectivity index (χ1) is 16.7. The summed E-state index contributed by atoms with van der Waals surface area (Å²) in [6, 6.07) is 12.6. The van der Waals surface area contributed by atoms with Gasteiger partial charge in [0.05, 0.1) is 25.4 Å². The minimum Gasteiger partial charge on any atom is -0.494 e. The minimum absolute atomic E-state index is 0.000237. The van der Waals surface area contributed by atoms with Crippen LogP contribution in [0.25, 0.3) is 0 Å². The number of primary amides is 1. The predicted octanol–water partition coefficient (Wildman–Crippen LogP) is 1.71. The number of hydrogen-bond acceptors (Lipinski definition) is 7. The quantitative estimate of drug-likeness (QED) is 0.369. The van der Waals surface area contributed by atoms with E-state index in [1.165, 1.54) is 0 Å². The Morgan fingerprint density at radius 2 is 2.00 bits per heavy atom. The summed E-state index contributed by atoms with van der Waals surface area (Å²) in [6.07, 6.45) is -1.65. The number of benzene rings is 2. The zero-order chi connectivity index (χ0) is 25.2.